The van der Waals surface area contributed by atoms with Crippen molar-refractivity contribution in [1.29, 1.82) is 0 Å². The number of hydrogen-bond acceptors (Lipinski definition) is 6. The number of nitrogens with one attached hydrogen (secondary N) is 2. The van der Waals surface area contributed by atoms with E-state index in [1.807, 2.05) is 0 Å². The minimum atomic E-state index is -4.13. The van der Waals surface area contributed by atoms with Crippen LogP contribution < -0.4 is 9.44 Å². The normalized spacial score (nSPS) is 12.1. The van der Waals surface area contributed by atoms with E-state index in [-0.39, 0.29) is 26.5 Å². The molecule has 0 aliphatic heterocycles. The number of rotatable bonds is 7. The van der Waals surface area contributed by atoms with Crippen LogP contribution in [0.15, 0.2) is 52.3 Å². The largest absolute Gasteiger partial charge is 0.289 e. The second-order valence-electron chi connectivity index (χ2n) is 5.78. The molecule has 0 aliphatic carbocycles. The minimum Gasteiger partial charge on any atom is -0.280 e. The van der Waals surface area contributed by atoms with Gasteiger partial charge in [-0.1, -0.05) is 11.6 Å². The maximum Gasteiger partial charge on any atom is 0.289 e. The van der Waals surface area contributed by atoms with E-state index in [2.05, 4.69) is 9.44 Å². The molecule has 0 fully saturated rings. The second-order valence-corrected chi connectivity index (χ2v) is 9.58. The van der Waals surface area contributed by atoms with Gasteiger partial charge in [-0.05, 0) is 50.2 Å². The SMILES string of the molecule is CC(C)NS(=O)(=O)c1ccc(NS(=O)(=O)c2ccc(Cl)c([N+](=O)[O-])c2)cc1. The Bertz CT molecular complexity index is 1070. The van der Waals surface area contributed by atoms with Crippen LogP contribution in [0.1, 0.15) is 13.8 Å². The molecule has 0 aromatic heterocycles. The fourth-order valence-electron chi connectivity index (χ4n) is 2.09. The highest BCUT2D eigenvalue weighted by molar-refractivity contribution is 7.92. The molecule has 9 nitrogen and oxygen atoms in total. The molecule has 2 aromatic carbocycles. The molecule has 0 unspecified atom stereocenters. The van der Waals surface area contributed by atoms with Gasteiger partial charge in [0.25, 0.3) is 15.7 Å². The van der Waals surface area contributed by atoms with E-state index < -0.39 is 30.7 Å². The van der Waals surface area contributed by atoms with Gasteiger partial charge in [-0.15, -0.1) is 0 Å². The molecule has 2 N–H and O–H groups in total. The number of sulfonamides is 2. The average Bonchev–Trinajstić information content (AvgIpc) is 2.53. The number of nitro benzene ring substituents is 1. The van der Waals surface area contributed by atoms with E-state index in [0.717, 1.165) is 18.2 Å². The summed E-state index contributed by atoms with van der Waals surface area (Å²) in [4.78, 5) is 9.74. The third-order valence-corrected chi connectivity index (χ3v) is 6.61. The summed E-state index contributed by atoms with van der Waals surface area (Å²) in [7, 11) is -7.84. The monoisotopic (exact) mass is 433 g/mol. The van der Waals surface area contributed by atoms with Gasteiger partial charge in [-0.2, -0.15) is 0 Å². The molecule has 27 heavy (non-hydrogen) atoms. The molecule has 0 spiro atoms. The molecule has 0 bridgehead atoms. The van der Waals surface area contributed by atoms with Crippen LogP contribution in [0.25, 0.3) is 0 Å². The lowest BCUT2D eigenvalue weighted by molar-refractivity contribution is -0.384. The van der Waals surface area contributed by atoms with Gasteiger partial charge >= 0.3 is 0 Å². The molecule has 0 aliphatic rings. The van der Waals surface area contributed by atoms with Crippen LogP contribution >= 0.6 is 11.6 Å². The Morgan fingerprint density at radius 3 is 2.04 bits per heavy atom. The molecule has 0 heterocycles. The van der Waals surface area contributed by atoms with Crippen LogP contribution in [0.2, 0.25) is 5.02 Å². The highest BCUT2D eigenvalue weighted by atomic mass is 35.5. The first kappa shape index (κ1) is 21.1. The first-order valence-electron chi connectivity index (χ1n) is 7.51. The Hall–Kier alpha value is -2.21. The lowest BCUT2D eigenvalue weighted by Gasteiger charge is -2.11. The Balaban J connectivity index is 2.29. The third-order valence-electron chi connectivity index (χ3n) is 3.23. The summed E-state index contributed by atoms with van der Waals surface area (Å²) >= 11 is 5.68. The number of benzene rings is 2. The average molecular weight is 434 g/mol. The van der Waals surface area contributed by atoms with Crippen molar-refractivity contribution in [2.45, 2.75) is 29.7 Å². The van der Waals surface area contributed by atoms with Gasteiger partial charge < -0.3 is 0 Å². The molecule has 2 aromatic rings. The first-order valence-corrected chi connectivity index (χ1v) is 10.9. The van der Waals surface area contributed by atoms with Crippen molar-refractivity contribution >= 4 is 43.0 Å². The molecular formula is C15H16ClN3O6S2. The first-order chi connectivity index (χ1) is 12.4. The van der Waals surface area contributed by atoms with Gasteiger partial charge in [0.2, 0.25) is 10.0 Å². The van der Waals surface area contributed by atoms with Gasteiger partial charge in [0.05, 0.1) is 14.7 Å². The molecule has 0 atom stereocenters. The Kier molecular flexibility index (Phi) is 6.10. The van der Waals surface area contributed by atoms with Crippen molar-refractivity contribution in [1.82, 2.24) is 4.72 Å². The summed E-state index contributed by atoms with van der Waals surface area (Å²) in [6.45, 7) is 3.34. The molecule has 0 radical (unpaired) electrons. The van der Waals surface area contributed by atoms with E-state index in [1.54, 1.807) is 13.8 Å². The standard InChI is InChI=1S/C15H16ClN3O6S2/c1-10(2)17-26(22,23)12-5-3-11(4-6-12)18-27(24,25)13-7-8-14(16)15(9-13)19(20)21/h3-10,17-18H,1-2H3. The maximum atomic E-state index is 12.4. The number of nitrogens with zero attached hydrogens (tertiary/aromatic N) is 1. The van der Waals surface area contributed by atoms with Crippen molar-refractivity contribution in [2.75, 3.05) is 4.72 Å². The number of halogens is 1. The van der Waals surface area contributed by atoms with Crippen LogP contribution in [0.4, 0.5) is 11.4 Å². The van der Waals surface area contributed by atoms with Gasteiger partial charge in [0.15, 0.2) is 0 Å². The van der Waals surface area contributed by atoms with E-state index in [4.69, 9.17) is 11.6 Å². The summed E-state index contributed by atoms with van der Waals surface area (Å²) in [5, 5.41) is 10.7. The molecule has 0 amide bonds. The lowest BCUT2D eigenvalue weighted by atomic mass is 10.3. The fourth-order valence-corrected chi connectivity index (χ4v) is 4.61. The molecule has 2 rings (SSSR count). The fraction of sp³-hybridized carbons (Fsp3) is 0.200. The van der Waals surface area contributed by atoms with Crippen molar-refractivity contribution in [3.63, 3.8) is 0 Å². The van der Waals surface area contributed by atoms with Crippen molar-refractivity contribution in [3.05, 3.63) is 57.6 Å². The zero-order valence-corrected chi connectivity index (χ0v) is 16.6. The van der Waals surface area contributed by atoms with E-state index in [9.17, 15) is 26.9 Å². The van der Waals surface area contributed by atoms with Crippen LogP contribution in [-0.2, 0) is 20.0 Å². The summed E-state index contributed by atoms with van der Waals surface area (Å²) in [6.07, 6.45) is 0. The summed E-state index contributed by atoms with van der Waals surface area (Å²) in [5.74, 6) is 0. The topological polar surface area (TPSA) is 135 Å². The van der Waals surface area contributed by atoms with Crippen molar-refractivity contribution in [2.24, 2.45) is 0 Å². The van der Waals surface area contributed by atoms with Crippen molar-refractivity contribution < 1.29 is 21.8 Å². The Morgan fingerprint density at radius 2 is 1.52 bits per heavy atom. The van der Waals surface area contributed by atoms with Gasteiger partial charge in [0.1, 0.15) is 5.02 Å². The number of hydrogen-bond donors (Lipinski definition) is 2. The second kappa shape index (κ2) is 7.80. The van der Waals surface area contributed by atoms with Gasteiger partial charge in [-0.25, -0.2) is 21.6 Å². The maximum absolute atomic E-state index is 12.4. The van der Waals surface area contributed by atoms with Crippen LogP contribution in [0.5, 0.6) is 0 Å². The molecule has 0 saturated heterocycles. The molecule has 146 valence electrons. The predicted octanol–water partition coefficient (Wildman–Crippen LogP) is 2.74. The molecule has 12 heteroatoms. The van der Waals surface area contributed by atoms with Gasteiger partial charge in [0, 0.05) is 17.8 Å². The predicted molar refractivity (Wildman–Crippen MR) is 101 cm³/mol. The zero-order chi connectivity index (χ0) is 20.4. The summed E-state index contributed by atoms with van der Waals surface area (Å²) in [6, 6.07) is 7.82. The lowest BCUT2D eigenvalue weighted by Crippen LogP contribution is -2.30. The highest BCUT2D eigenvalue weighted by Crippen LogP contribution is 2.28. The van der Waals surface area contributed by atoms with Crippen LogP contribution in [0, 0.1) is 10.1 Å². The minimum absolute atomic E-state index is 0.0266. The quantitative estimate of drug-likeness (QED) is 0.509. The summed E-state index contributed by atoms with van der Waals surface area (Å²) in [5.41, 5.74) is -0.447. The van der Waals surface area contributed by atoms with Crippen molar-refractivity contribution in [3.8, 4) is 0 Å². The highest BCUT2D eigenvalue weighted by Gasteiger charge is 2.21. The van der Waals surface area contributed by atoms with Crippen LogP contribution in [0.3, 0.4) is 0 Å². The van der Waals surface area contributed by atoms with Crippen LogP contribution in [-0.4, -0.2) is 27.8 Å². The Labute approximate surface area is 161 Å². The van der Waals surface area contributed by atoms with E-state index in [0.29, 0.717) is 0 Å². The van der Waals surface area contributed by atoms with E-state index >= 15 is 0 Å². The zero-order valence-electron chi connectivity index (χ0n) is 14.2. The Morgan fingerprint density at radius 1 is 0.963 bits per heavy atom. The molecular weight excluding hydrogens is 418 g/mol. The number of nitro groups is 1. The van der Waals surface area contributed by atoms with E-state index in [1.165, 1.54) is 24.3 Å². The molecule has 0 saturated carbocycles. The number of anilines is 1. The third kappa shape index (κ3) is 5.16. The summed E-state index contributed by atoms with van der Waals surface area (Å²) < 4.78 is 53.6. The smallest absolute Gasteiger partial charge is 0.280 e. The van der Waals surface area contributed by atoms with Gasteiger partial charge in [-0.3, -0.25) is 14.8 Å².